The molecule has 1 aliphatic carbocycles. The molecule has 0 unspecified atom stereocenters. The molecule has 0 amide bonds. The highest BCUT2D eigenvalue weighted by Gasteiger charge is 2.18. The molecule has 31 heavy (non-hydrogen) atoms. The molecule has 3 rings (SSSR count). The number of rotatable bonds is 10. The molecule has 0 aliphatic heterocycles. The zero-order valence-corrected chi connectivity index (χ0v) is 19.1. The summed E-state index contributed by atoms with van der Waals surface area (Å²) < 4.78 is 17.0. The van der Waals surface area contributed by atoms with Crippen LogP contribution in [0.1, 0.15) is 69.7 Å². The summed E-state index contributed by atoms with van der Waals surface area (Å²) in [5.74, 6) is 4.03. The highest BCUT2D eigenvalue weighted by atomic mass is 16.5. The smallest absolute Gasteiger partial charge is 0.228 e. The van der Waals surface area contributed by atoms with Crippen molar-refractivity contribution < 1.29 is 14.0 Å². The van der Waals surface area contributed by atoms with Gasteiger partial charge in [-0.3, -0.25) is 0 Å². The number of nitrogens with one attached hydrogen (secondary N) is 2. The van der Waals surface area contributed by atoms with E-state index in [-0.39, 0.29) is 12.0 Å². The first-order valence-corrected chi connectivity index (χ1v) is 11.3. The number of nitrogens with zero attached hydrogens (tertiary/aromatic N) is 3. The minimum atomic E-state index is 0.259. The van der Waals surface area contributed by atoms with Crippen molar-refractivity contribution in [2.75, 3.05) is 20.2 Å². The second-order valence-electron chi connectivity index (χ2n) is 8.07. The molecule has 0 spiro atoms. The van der Waals surface area contributed by atoms with Crippen molar-refractivity contribution in [3.63, 3.8) is 0 Å². The first kappa shape index (κ1) is 22.9. The van der Waals surface area contributed by atoms with E-state index in [4.69, 9.17) is 19.0 Å². The van der Waals surface area contributed by atoms with Gasteiger partial charge >= 0.3 is 0 Å². The molecule has 1 heterocycles. The SMILES string of the molecule is CCNC(=NCc1ccc(OC)cc1OC1CCCC1)NCCc1nc(C(C)C)no1. The van der Waals surface area contributed by atoms with Crippen LogP contribution in [0.2, 0.25) is 0 Å². The number of benzene rings is 1. The average Bonchev–Trinajstić information content (AvgIpc) is 3.45. The molecule has 1 fully saturated rings. The molecule has 2 N–H and O–H groups in total. The summed E-state index contributed by atoms with van der Waals surface area (Å²) in [6.07, 6.45) is 5.61. The third-order valence-corrected chi connectivity index (χ3v) is 5.25. The third kappa shape index (κ3) is 6.87. The summed E-state index contributed by atoms with van der Waals surface area (Å²) in [5, 5.41) is 10.6. The Bertz CT molecular complexity index is 843. The van der Waals surface area contributed by atoms with Gasteiger partial charge in [-0.2, -0.15) is 4.98 Å². The van der Waals surface area contributed by atoms with Gasteiger partial charge in [0, 0.05) is 37.1 Å². The minimum Gasteiger partial charge on any atom is -0.497 e. The van der Waals surface area contributed by atoms with E-state index >= 15 is 0 Å². The Balaban J connectivity index is 1.61. The predicted molar refractivity (Wildman–Crippen MR) is 121 cm³/mol. The van der Waals surface area contributed by atoms with E-state index in [1.807, 2.05) is 39.0 Å². The number of methoxy groups -OCH3 is 1. The van der Waals surface area contributed by atoms with Crippen LogP contribution in [0.4, 0.5) is 0 Å². The first-order chi connectivity index (χ1) is 15.1. The van der Waals surface area contributed by atoms with Gasteiger partial charge in [-0.15, -0.1) is 0 Å². The van der Waals surface area contributed by atoms with Gasteiger partial charge in [0.25, 0.3) is 0 Å². The van der Waals surface area contributed by atoms with Crippen molar-refractivity contribution in [2.45, 2.75) is 71.4 Å². The van der Waals surface area contributed by atoms with Crippen LogP contribution in [0.3, 0.4) is 0 Å². The summed E-state index contributed by atoms with van der Waals surface area (Å²) in [4.78, 5) is 9.16. The summed E-state index contributed by atoms with van der Waals surface area (Å²) in [5.41, 5.74) is 1.04. The molecule has 0 saturated heterocycles. The molecule has 1 aliphatic rings. The van der Waals surface area contributed by atoms with Crippen LogP contribution in [0, 0.1) is 0 Å². The van der Waals surface area contributed by atoms with Gasteiger partial charge in [0.15, 0.2) is 11.8 Å². The summed E-state index contributed by atoms with van der Waals surface area (Å²) in [6.45, 7) is 8.09. The summed E-state index contributed by atoms with van der Waals surface area (Å²) in [7, 11) is 1.67. The quantitative estimate of drug-likeness (QED) is 0.438. The Kier molecular flexibility index (Phi) is 8.55. The van der Waals surface area contributed by atoms with Crippen LogP contribution >= 0.6 is 0 Å². The lowest BCUT2D eigenvalue weighted by Gasteiger charge is -2.17. The van der Waals surface area contributed by atoms with Gasteiger partial charge in [-0.25, -0.2) is 4.99 Å². The Morgan fingerprint density at radius 1 is 1.26 bits per heavy atom. The van der Waals surface area contributed by atoms with Crippen molar-refractivity contribution >= 4 is 5.96 Å². The molecular weight excluding hydrogens is 394 g/mol. The average molecular weight is 430 g/mol. The van der Waals surface area contributed by atoms with Crippen molar-refractivity contribution in [1.29, 1.82) is 0 Å². The van der Waals surface area contributed by atoms with Crippen molar-refractivity contribution in [1.82, 2.24) is 20.8 Å². The van der Waals surface area contributed by atoms with E-state index < -0.39 is 0 Å². The van der Waals surface area contributed by atoms with Crippen LogP contribution in [-0.4, -0.2) is 42.4 Å². The molecular formula is C23H35N5O3. The molecule has 1 aromatic heterocycles. The topological polar surface area (TPSA) is 93.8 Å². The molecule has 0 atom stereocenters. The number of hydrogen-bond acceptors (Lipinski definition) is 6. The molecule has 0 bridgehead atoms. The van der Waals surface area contributed by atoms with E-state index in [0.717, 1.165) is 48.2 Å². The van der Waals surface area contributed by atoms with Crippen LogP contribution in [-0.2, 0) is 13.0 Å². The summed E-state index contributed by atoms with van der Waals surface area (Å²) in [6, 6.07) is 5.95. The predicted octanol–water partition coefficient (Wildman–Crippen LogP) is 3.82. The van der Waals surface area contributed by atoms with E-state index in [9.17, 15) is 0 Å². The molecule has 2 aromatic rings. The number of guanidine groups is 1. The van der Waals surface area contributed by atoms with Gasteiger partial charge in [-0.1, -0.05) is 19.0 Å². The van der Waals surface area contributed by atoms with E-state index in [0.29, 0.717) is 25.4 Å². The van der Waals surface area contributed by atoms with Crippen molar-refractivity contribution in [3.05, 3.63) is 35.5 Å². The zero-order valence-electron chi connectivity index (χ0n) is 19.1. The van der Waals surface area contributed by atoms with Crippen molar-refractivity contribution in [2.24, 2.45) is 4.99 Å². The lowest BCUT2D eigenvalue weighted by Crippen LogP contribution is -2.38. The van der Waals surface area contributed by atoms with Crippen LogP contribution in [0.5, 0.6) is 11.5 Å². The van der Waals surface area contributed by atoms with Gasteiger partial charge in [0.1, 0.15) is 11.5 Å². The lowest BCUT2D eigenvalue weighted by molar-refractivity contribution is 0.207. The van der Waals surface area contributed by atoms with Gasteiger partial charge in [0.2, 0.25) is 5.89 Å². The van der Waals surface area contributed by atoms with Gasteiger partial charge < -0.3 is 24.6 Å². The fourth-order valence-electron chi connectivity index (χ4n) is 3.49. The normalized spacial score (nSPS) is 14.8. The monoisotopic (exact) mass is 429 g/mol. The van der Waals surface area contributed by atoms with Crippen LogP contribution < -0.4 is 20.1 Å². The maximum absolute atomic E-state index is 6.28. The van der Waals surface area contributed by atoms with E-state index in [2.05, 4.69) is 20.8 Å². The highest BCUT2D eigenvalue weighted by Crippen LogP contribution is 2.30. The standard InChI is InChI=1S/C23H35N5O3/c1-5-24-23(25-13-12-21-27-22(16(2)3)28-31-21)26-15-17-10-11-19(29-4)14-20(17)30-18-8-6-7-9-18/h10-11,14,16,18H,5-9,12-13,15H2,1-4H3,(H2,24,25,26). The van der Waals surface area contributed by atoms with Gasteiger partial charge in [0.05, 0.1) is 19.8 Å². The maximum Gasteiger partial charge on any atom is 0.228 e. The Morgan fingerprint density at radius 2 is 2.06 bits per heavy atom. The van der Waals surface area contributed by atoms with Crippen LogP contribution in [0.25, 0.3) is 0 Å². The first-order valence-electron chi connectivity index (χ1n) is 11.3. The second kappa shape index (κ2) is 11.6. The Hall–Kier alpha value is -2.77. The number of aliphatic imine (C=N–C) groups is 1. The molecule has 8 heteroatoms. The molecule has 1 aromatic carbocycles. The van der Waals surface area contributed by atoms with E-state index in [1.54, 1.807) is 7.11 Å². The van der Waals surface area contributed by atoms with Crippen molar-refractivity contribution in [3.8, 4) is 11.5 Å². The van der Waals surface area contributed by atoms with E-state index in [1.165, 1.54) is 12.8 Å². The van der Waals surface area contributed by atoms with Gasteiger partial charge in [-0.05, 0) is 44.7 Å². The zero-order chi connectivity index (χ0) is 22.1. The number of aromatic nitrogens is 2. The molecule has 8 nitrogen and oxygen atoms in total. The fraction of sp³-hybridized carbons (Fsp3) is 0.609. The Morgan fingerprint density at radius 3 is 2.74 bits per heavy atom. The lowest BCUT2D eigenvalue weighted by atomic mass is 10.2. The fourth-order valence-corrected chi connectivity index (χ4v) is 3.49. The number of hydrogen-bond donors (Lipinski definition) is 2. The second-order valence-corrected chi connectivity index (χ2v) is 8.07. The maximum atomic E-state index is 6.28. The Labute approximate surface area is 184 Å². The third-order valence-electron chi connectivity index (χ3n) is 5.25. The summed E-state index contributed by atoms with van der Waals surface area (Å²) >= 11 is 0. The largest absolute Gasteiger partial charge is 0.497 e. The highest BCUT2D eigenvalue weighted by molar-refractivity contribution is 5.79. The molecule has 170 valence electrons. The minimum absolute atomic E-state index is 0.259. The molecule has 0 radical (unpaired) electrons. The van der Waals surface area contributed by atoms with Crippen LogP contribution in [0.15, 0.2) is 27.7 Å². The molecule has 1 saturated carbocycles. The number of ether oxygens (including phenoxy) is 2.